The summed E-state index contributed by atoms with van der Waals surface area (Å²) in [6, 6.07) is 0. The van der Waals surface area contributed by atoms with Crippen molar-refractivity contribution >= 4 is 11.3 Å². The van der Waals surface area contributed by atoms with E-state index in [1.54, 1.807) is 11.3 Å². The maximum absolute atomic E-state index is 5.82. The van der Waals surface area contributed by atoms with Gasteiger partial charge in [0.05, 0.1) is 0 Å². The fraction of sp³-hybridized carbons (Fsp3) is 0.700. The third kappa shape index (κ3) is 1.82. The first-order valence-corrected chi connectivity index (χ1v) is 5.85. The van der Waals surface area contributed by atoms with Gasteiger partial charge >= 0.3 is 0 Å². The molecule has 1 fully saturated rings. The molecular formula is C10H16N2OS. The van der Waals surface area contributed by atoms with Crippen molar-refractivity contribution in [3.63, 3.8) is 0 Å². The summed E-state index contributed by atoms with van der Waals surface area (Å²) in [5.41, 5.74) is 5.41. The highest BCUT2D eigenvalue weighted by atomic mass is 32.1. The summed E-state index contributed by atoms with van der Waals surface area (Å²) in [7, 11) is 0. The predicted molar refractivity (Wildman–Crippen MR) is 57.2 cm³/mol. The van der Waals surface area contributed by atoms with E-state index in [1.165, 1.54) is 12.8 Å². The summed E-state index contributed by atoms with van der Waals surface area (Å²) in [4.78, 5) is 5.53. The maximum atomic E-state index is 5.82. The Morgan fingerprint density at radius 1 is 1.64 bits per heavy atom. The van der Waals surface area contributed by atoms with Crippen LogP contribution in [0.15, 0.2) is 6.20 Å². The highest BCUT2D eigenvalue weighted by Gasteiger charge is 2.32. The second-order valence-corrected chi connectivity index (χ2v) is 4.99. The molecule has 0 spiro atoms. The Hall–Kier alpha value is -0.450. The number of hydrogen-bond acceptors (Lipinski definition) is 4. The lowest BCUT2D eigenvalue weighted by atomic mass is 9.97. The summed E-state index contributed by atoms with van der Waals surface area (Å²) in [6.45, 7) is 3.56. The minimum atomic E-state index is -0.156. The Bertz CT molecular complexity index is 305. The van der Waals surface area contributed by atoms with Crippen molar-refractivity contribution in [1.82, 2.24) is 4.98 Å². The van der Waals surface area contributed by atoms with E-state index in [-0.39, 0.29) is 5.60 Å². The van der Waals surface area contributed by atoms with Crippen LogP contribution in [0.25, 0.3) is 0 Å². The molecule has 14 heavy (non-hydrogen) atoms. The van der Waals surface area contributed by atoms with E-state index in [9.17, 15) is 0 Å². The van der Waals surface area contributed by atoms with Gasteiger partial charge in [0.15, 0.2) is 0 Å². The van der Waals surface area contributed by atoms with E-state index < -0.39 is 0 Å². The van der Waals surface area contributed by atoms with Gasteiger partial charge in [0.25, 0.3) is 0 Å². The van der Waals surface area contributed by atoms with E-state index in [4.69, 9.17) is 10.5 Å². The summed E-state index contributed by atoms with van der Waals surface area (Å²) in [5, 5.41) is 1.08. The SMILES string of the molecule is CC1(c2ncc(CN)s2)CCCCO1. The van der Waals surface area contributed by atoms with Gasteiger partial charge in [0.2, 0.25) is 0 Å². The molecule has 0 radical (unpaired) electrons. The molecule has 0 bridgehead atoms. The summed E-state index contributed by atoms with van der Waals surface area (Å²) < 4.78 is 5.82. The lowest BCUT2D eigenvalue weighted by Gasteiger charge is -2.31. The number of nitrogens with two attached hydrogens (primary N) is 1. The van der Waals surface area contributed by atoms with E-state index in [1.807, 2.05) is 6.20 Å². The van der Waals surface area contributed by atoms with Crippen molar-refractivity contribution in [2.24, 2.45) is 5.73 Å². The fourth-order valence-corrected chi connectivity index (χ4v) is 2.67. The Labute approximate surface area is 88.3 Å². The van der Waals surface area contributed by atoms with Gasteiger partial charge in [0, 0.05) is 24.2 Å². The van der Waals surface area contributed by atoms with Gasteiger partial charge < -0.3 is 10.5 Å². The molecule has 1 saturated heterocycles. The third-order valence-electron chi connectivity index (χ3n) is 2.68. The predicted octanol–water partition coefficient (Wildman–Crippen LogP) is 2.02. The van der Waals surface area contributed by atoms with Crippen LogP contribution in [0, 0.1) is 0 Å². The zero-order chi connectivity index (χ0) is 10.0. The van der Waals surface area contributed by atoms with Gasteiger partial charge in [-0.15, -0.1) is 11.3 Å². The molecule has 1 aromatic heterocycles. The lowest BCUT2D eigenvalue weighted by Crippen LogP contribution is -2.29. The Balaban J connectivity index is 2.19. The summed E-state index contributed by atoms with van der Waals surface area (Å²) in [5.74, 6) is 0. The van der Waals surface area contributed by atoms with Crippen LogP contribution >= 0.6 is 11.3 Å². The highest BCUT2D eigenvalue weighted by molar-refractivity contribution is 7.11. The van der Waals surface area contributed by atoms with E-state index in [0.29, 0.717) is 6.54 Å². The molecule has 1 unspecified atom stereocenters. The van der Waals surface area contributed by atoms with Crippen molar-refractivity contribution in [2.75, 3.05) is 6.61 Å². The van der Waals surface area contributed by atoms with Crippen molar-refractivity contribution in [2.45, 2.75) is 38.3 Å². The molecule has 0 saturated carbocycles. The minimum absolute atomic E-state index is 0.156. The molecule has 0 amide bonds. The first kappa shape index (κ1) is 10.1. The Kier molecular flexibility index (Phi) is 2.85. The Morgan fingerprint density at radius 2 is 2.50 bits per heavy atom. The Morgan fingerprint density at radius 3 is 3.07 bits per heavy atom. The third-order valence-corrected chi connectivity index (χ3v) is 3.94. The minimum Gasteiger partial charge on any atom is -0.368 e. The largest absolute Gasteiger partial charge is 0.368 e. The van der Waals surface area contributed by atoms with Crippen molar-refractivity contribution in [3.05, 3.63) is 16.1 Å². The number of rotatable bonds is 2. The van der Waals surface area contributed by atoms with Crippen molar-refractivity contribution in [3.8, 4) is 0 Å². The lowest BCUT2D eigenvalue weighted by molar-refractivity contribution is -0.0702. The molecule has 78 valence electrons. The number of thiazole rings is 1. The average molecular weight is 212 g/mol. The van der Waals surface area contributed by atoms with Crippen LogP contribution < -0.4 is 5.73 Å². The zero-order valence-corrected chi connectivity index (χ0v) is 9.27. The molecule has 3 nitrogen and oxygen atoms in total. The normalized spacial score (nSPS) is 27.9. The molecule has 2 rings (SSSR count). The number of hydrogen-bond donors (Lipinski definition) is 1. The van der Waals surface area contributed by atoms with Gasteiger partial charge in [-0.3, -0.25) is 0 Å². The molecule has 1 aliphatic rings. The molecule has 2 heterocycles. The van der Waals surface area contributed by atoms with Crippen LogP contribution in [0.1, 0.15) is 36.1 Å². The topological polar surface area (TPSA) is 48.1 Å². The molecule has 2 N–H and O–H groups in total. The molecule has 0 aliphatic carbocycles. The molecular weight excluding hydrogens is 196 g/mol. The maximum Gasteiger partial charge on any atom is 0.125 e. The van der Waals surface area contributed by atoms with Gasteiger partial charge in [0.1, 0.15) is 10.6 Å². The van der Waals surface area contributed by atoms with Crippen LogP contribution in [-0.4, -0.2) is 11.6 Å². The number of ether oxygens (including phenoxy) is 1. The van der Waals surface area contributed by atoms with Gasteiger partial charge in [-0.05, 0) is 26.2 Å². The monoisotopic (exact) mass is 212 g/mol. The molecule has 1 atom stereocenters. The molecule has 1 aliphatic heterocycles. The summed E-state index contributed by atoms with van der Waals surface area (Å²) in [6.07, 6.45) is 5.34. The standard InChI is InChI=1S/C10H16N2OS/c1-10(4-2-3-5-13-10)9-12-7-8(6-11)14-9/h7H,2-6,11H2,1H3. The van der Waals surface area contributed by atoms with Gasteiger partial charge in [-0.1, -0.05) is 0 Å². The van der Waals surface area contributed by atoms with Crippen LogP contribution in [0.3, 0.4) is 0 Å². The van der Waals surface area contributed by atoms with Gasteiger partial charge in [-0.25, -0.2) is 4.98 Å². The van der Waals surface area contributed by atoms with E-state index >= 15 is 0 Å². The van der Waals surface area contributed by atoms with Crippen molar-refractivity contribution in [1.29, 1.82) is 0 Å². The van der Waals surface area contributed by atoms with Crippen LogP contribution in [0.2, 0.25) is 0 Å². The first-order valence-electron chi connectivity index (χ1n) is 5.04. The zero-order valence-electron chi connectivity index (χ0n) is 8.45. The average Bonchev–Trinajstić information content (AvgIpc) is 2.67. The fourth-order valence-electron chi connectivity index (χ4n) is 1.75. The molecule has 4 heteroatoms. The van der Waals surface area contributed by atoms with Crippen molar-refractivity contribution < 1.29 is 4.74 Å². The van der Waals surface area contributed by atoms with Gasteiger partial charge in [-0.2, -0.15) is 0 Å². The highest BCUT2D eigenvalue weighted by Crippen LogP contribution is 2.36. The quantitative estimate of drug-likeness (QED) is 0.816. The second-order valence-electron chi connectivity index (χ2n) is 3.87. The molecule has 1 aromatic rings. The first-order chi connectivity index (χ1) is 6.74. The number of aromatic nitrogens is 1. The van der Waals surface area contributed by atoms with Crippen LogP contribution in [0.5, 0.6) is 0 Å². The van der Waals surface area contributed by atoms with Crippen LogP contribution in [-0.2, 0) is 16.9 Å². The second kappa shape index (κ2) is 3.96. The van der Waals surface area contributed by atoms with E-state index in [0.717, 1.165) is 22.9 Å². The summed E-state index contributed by atoms with van der Waals surface area (Å²) >= 11 is 1.68. The van der Waals surface area contributed by atoms with Crippen LogP contribution in [0.4, 0.5) is 0 Å². The molecule has 0 aromatic carbocycles. The van der Waals surface area contributed by atoms with E-state index in [2.05, 4.69) is 11.9 Å². The number of nitrogens with zero attached hydrogens (tertiary/aromatic N) is 1. The smallest absolute Gasteiger partial charge is 0.125 e.